The molecule has 14 rings (SSSR count). The van der Waals surface area contributed by atoms with Gasteiger partial charge in [-0.25, -0.2) is 27.4 Å². The van der Waals surface area contributed by atoms with Crippen molar-refractivity contribution in [2.24, 2.45) is 35.5 Å². The number of rotatable bonds is 38. The molecule has 9 amide bonds. The average Bonchev–Trinajstić information content (AvgIpc) is 1.66. The fraction of sp³-hybridized carbons (Fsp3) is 0.555. The van der Waals surface area contributed by atoms with Crippen LogP contribution < -0.4 is 10.1 Å². The Morgan fingerprint density at radius 1 is 0.459 bits per heavy atom. The predicted molar refractivity (Wildman–Crippen MR) is 546 cm³/mol. The Kier molecular flexibility index (Phi) is 54.9. The topological polar surface area (TPSA) is 420 Å². The van der Waals surface area contributed by atoms with Crippen LogP contribution in [0.25, 0.3) is 0 Å². The minimum absolute atomic E-state index is 0. The van der Waals surface area contributed by atoms with Gasteiger partial charge in [0.2, 0.25) is 40.7 Å². The first kappa shape index (κ1) is 125. The van der Waals surface area contributed by atoms with Crippen LogP contribution in [0.2, 0.25) is 0 Å². The molecule has 12 unspecified atom stereocenters. The smallest absolute Gasteiger partial charge is 0.410 e. The highest BCUT2D eigenvalue weighted by atomic mass is 31.2. The third-order valence-electron chi connectivity index (χ3n) is 26.3. The molecule has 0 spiro atoms. The predicted octanol–water partition coefficient (Wildman–Crippen LogP) is 17.6. The number of aliphatic hydroxyl groups excluding tert-OH is 5. The maximum atomic E-state index is 13.5. The lowest BCUT2D eigenvalue weighted by atomic mass is 9.96. The number of β-amino-alcohol motifs (C(OH)–C–C–N with tert-alkyl or cyclic N) is 3. The van der Waals surface area contributed by atoms with Crippen LogP contribution in [0.15, 0.2) is 133 Å². The van der Waals surface area contributed by atoms with Crippen LogP contribution in [-0.2, 0) is 55.6 Å². The Morgan fingerprint density at radius 2 is 0.851 bits per heavy atom. The number of fused-ring (bicyclic) bond motifs is 3. The second kappa shape index (κ2) is 64.8. The molecule has 8 aliphatic rings. The van der Waals surface area contributed by atoms with Crippen LogP contribution >= 0.6 is 8.53 Å². The van der Waals surface area contributed by atoms with E-state index < -0.39 is 79.4 Å². The van der Waals surface area contributed by atoms with Crippen LogP contribution in [0.3, 0.4) is 0 Å². The summed E-state index contributed by atoms with van der Waals surface area (Å²) in [5, 5.41) is 59.5. The van der Waals surface area contributed by atoms with Gasteiger partial charge >= 0.3 is 24.1 Å². The summed E-state index contributed by atoms with van der Waals surface area (Å²) < 4.78 is 100. The number of nitriles is 1. The second-order valence-electron chi connectivity index (χ2n) is 37.2. The number of hydrogen-bond acceptors (Lipinski definition) is 26. The third-order valence-corrected chi connectivity index (χ3v) is 28.5. The van der Waals surface area contributed by atoms with E-state index in [0.717, 1.165) is 80.5 Å². The first-order valence-electron chi connectivity index (χ1n) is 51.2. The number of aliphatic hydroxyl groups is 5. The summed E-state index contributed by atoms with van der Waals surface area (Å²) in [5.41, 5.74) is 4.43. The van der Waals surface area contributed by atoms with Crippen LogP contribution in [-0.4, -0.2) is 265 Å². The number of ether oxygens (including phenoxy) is 4. The van der Waals surface area contributed by atoms with Gasteiger partial charge in [0.25, 0.3) is 44.0 Å². The van der Waals surface area contributed by atoms with Crippen LogP contribution in [0.4, 0.5) is 31.5 Å². The van der Waals surface area contributed by atoms with E-state index in [1.54, 1.807) is 84.6 Å². The highest BCUT2D eigenvalue weighted by Gasteiger charge is 2.44. The maximum absolute atomic E-state index is 13.5. The number of Topliss-reactive ketones (excluding diaryl/α,β-unsaturated/α-hetero) is 1. The number of imide groups is 3. The lowest BCUT2D eigenvalue weighted by Crippen LogP contribution is -2.36. The molecule has 148 heavy (non-hydrogen) atoms. The third kappa shape index (κ3) is 36.8. The molecule has 814 valence electrons. The molecule has 32 nitrogen and oxygen atoms in total. The lowest BCUT2D eigenvalue weighted by molar-refractivity contribution is -0.140. The normalized spacial score (nSPS) is 20.3. The summed E-state index contributed by atoms with van der Waals surface area (Å²) in [4.78, 5) is 153. The summed E-state index contributed by atoms with van der Waals surface area (Å²) in [6.07, 6.45) is 9.00. The Hall–Kier alpha value is -11.4. The summed E-state index contributed by atoms with van der Waals surface area (Å²) in [6, 6.07) is 41.8. The molecule has 0 radical (unpaired) electrons. The van der Waals surface area contributed by atoms with Gasteiger partial charge in [-0.05, 0) is 165 Å². The average molecular weight is 2090 g/mol. The van der Waals surface area contributed by atoms with Crippen LogP contribution in [0.5, 0.6) is 5.75 Å². The van der Waals surface area contributed by atoms with Gasteiger partial charge in [0.1, 0.15) is 19.0 Å². The van der Waals surface area contributed by atoms with E-state index >= 15 is 0 Å². The van der Waals surface area contributed by atoms with Gasteiger partial charge in [0.05, 0.1) is 109 Å². The Balaban J connectivity index is 0.000000277. The molecule has 7 aliphatic heterocycles. The maximum Gasteiger partial charge on any atom is 0.410 e. The fourth-order valence-corrected chi connectivity index (χ4v) is 19.8. The van der Waals surface area contributed by atoms with Crippen molar-refractivity contribution in [3.8, 4) is 11.8 Å². The summed E-state index contributed by atoms with van der Waals surface area (Å²) in [5.74, 6) is -14.7. The number of halogens is 5. The number of unbranched alkanes of at least 4 members (excludes halogenated alkanes) is 6. The number of nitrogens with one attached hydrogen (secondary N) is 1. The van der Waals surface area contributed by atoms with Gasteiger partial charge in [-0.2, -0.15) is 14.0 Å². The largest absolute Gasteiger partial charge is 0.466 e. The molecular weight excluding hydrogens is 1940 g/mol. The molecule has 6 aromatic carbocycles. The van der Waals surface area contributed by atoms with Gasteiger partial charge in [-0.15, -0.1) is 0 Å². The van der Waals surface area contributed by atoms with E-state index in [2.05, 4.69) is 74.0 Å². The van der Waals surface area contributed by atoms with E-state index in [9.17, 15) is 94.8 Å². The SMILES string of the molecule is C.CC.CCC1CC(C(=O)CCCCCN2C(=O)c3ccccc3C2=O)CC1O.CCC1CN(C(=O)CCCCCN2C(=O)c3ccccc3C2=O)CC1OP(OCCC#N)N(C(C)C)C(C)C.CCC1CN(C(=O)OCc2ccccc2)CC1O.CCC1CNCC1O.CCOC(C)=O.O=C(CCCCCN1C(=O)c2ccccc2C1=O)Oc1c(F)c(F)c(F)c(F)c1F.O=C(OCc1ccccc1)N1CC(O)C(CO)C1. The second-order valence-corrected chi connectivity index (χ2v) is 38.6. The summed E-state index contributed by atoms with van der Waals surface area (Å²) in [7, 11) is -1.36. The van der Waals surface area contributed by atoms with Crippen molar-refractivity contribution in [2.45, 2.75) is 268 Å². The van der Waals surface area contributed by atoms with E-state index in [1.807, 2.05) is 86.3 Å². The molecule has 5 fully saturated rings. The lowest BCUT2D eigenvalue weighted by Gasteiger charge is -2.37. The Labute approximate surface area is 867 Å². The van der Waals surface area contributed by atoms with Crippen molar-refractivity contribution >= 4 is 79.8 Å². The molecule has 38 heteroatoms. The van der Waals surface area contributed by atoms with Crippen molar-refractivity contribution in [3.05, 3.63) is 207 Å². The number of benzene rings is 6. The van der Waals surface area contributed by atoms with Crippen molar-refractivity contribution in [1.82, 2.24) is 39.4 Å². The van der Waals surface area contributed by atoms with Crippen molar-refractivity contribution in [3.63, 3.8) is 0 Å². The summed E-state index contributed by atoms with van der Waals surface area (Å²) >= 11 is 0. The number of carbonyl (C=O) groups excluding carboxylic acids is 12. The number of ketones is 1. The van der Waals surface area contributed by atoms with E-state index in [1.165, 1.54) is 21.6 Å². The number of likely N-dealkylation sites (tertiary alicyclic amines) is 3. The van der Waals surface area contributed by atoms with Crippen molar-refractivity contribution < 1.29 is 133 Å². The molecule has 1 saturated carbocycles. The molecule has 6 aromatic rings. The minimum atomic E-state index is -2.35. The Morgan fingerprint density at radius 3 is 1.20 bits per heavy atom. The summed E-state index contributed by atoms with van der Waals surface area (Å²) in [6.45, 7) is 30.5. The van der Waals surface area contributed by atoms with Crippen LogP contribution in [0.1, 0.15) is 286 Å². The highest BCUT2D eigenvalue weighted by molar-refractivity contribution is 7.44. The molecule has 7 heterocycles. The zero-order valence-electron chi connectivity index (χ0n) is 86.5. The molecule has 12 atom stereocenters. The van der Waals surface area contributed by atoms with Gasteiger partial charge in [0.15, 0.2) is 0 Å². The van der Waals surface area contributed by atoms with Gasteiger partial charge in [-0.1, -0.05) is 172 Å². The molecule has 4 saturated heterocycles. The molecule has 6 N–H and O–H groups in total. The van der Waals surface area contributed by atoms with Gasteiger partial charge in [0, 0.05) is 121 Å². The minimum Gasteiger partial charge on any atom is -0.466 e. The fourth-order valence-electron chi connectivity index (χ4n) is 18.0. The zero-order chi connectivity index (χ0) is 108. The van der Waals surface area contributed by atoms with Gasteiger partial charge < -0.3 is 73.5 Å². The van der Waals surface area contributed by atoms with Crippen molar-refractivity contribution in [2.75, 3.05) is 91.8 Å². The number of nitrogens with zero attached hydrogens (tertiary/aromatic N) is 8. The number of carbonyl (C=O) groups is 12. The molecule has 1 aliphatic carbocycles. The number of esters is 2. The van der Waals surface area contributed by atoms with Crippen LogP contribution in [0, 0.1) is 75.9 Å². The number of hydrogen-bond donors (Lipinski definition) is 6. The van der Waals surface area contributed by atoms with E-state index in [-0.39, 0.29) is 161 Å². The zero-order valence-corrected chi connectivity index (χ0v) is 87.3. The quantitative estimate of drug-likeness (QED) is 0.00241. The number of amides is 9. The molecule has 0 bridgehead atoms. The highest BCUT2D eigenvalue weighted by Crippen LogP contribution is 2.49. The van der Waals surface area contributed by atoms with E-state index in [0.29, 0.717) is 156 Å². The Bertz CT molecular complexity index is 5080. The standard InChI is InChI=1S/C29H43N4O5P.C21H27NO4.C20H14F5NO4.C14H19NO3.C13H17NO4.C6H13NO.C4H8O2.C2H6.CH4/c1-6-23-19-31(20-26(23)38-39(37-18-12-16-30)33(21(2)3)22(4)5)27(34)15-8-7-11-17-32-28(35)24-13-9-10-14-25(24)29(32)36;1-2-14-12-15(13-19(14)24)18(23)10-4-3-7-11-22-20(25)16-8-5-6-9-17(16)21(22)26;21-13-14(22)16(24)18(17(25)15(13)23)30-12(27)8-2-1-5-9-26-19(28)10-6-3-4-7-11(10)20(26)29;1-2-12-8-15(9-13(12)16)14(17)18-10-11-6-4-3-5-7-11;15-8-11-6-14(7-12(11)16)13(17)18-9-10-4-2-1-3-5-10;1-2-5-3-7-4-6(5)8;1-3-6-4(2)5;1-2;/h9-10,13-14,21-23,26H,6-8,11-12,15,17-20H2,1-5H3;5-6,8-9,14-15,19,24H,2-4,7,10-13H2,1H3;3-4,6-7H,1-2,5,8-9H2;3-7,12-13,16H,2,8-10H2,1H3;1-5,11-12,15-16H,6-9H2;5-8H,2-4H2,1H3;3H2,1-2H3;1-2H3;1H4. The molecule has 0 aromatic heterocycles. The van der Waals surface area contributed by atoms with Crippen molar-refractivity contribution in [1.29, 1.82) is 5.26 Å². The monoisotopic (exact) mass is 2090 g/mol. The molecular formula is C110H151F5N9O23P. The van der Waals surface area contributed by atoms with Gasteiger partial charge in [-0.3, -0.25) is 62.6 Å². The first-order valence-corrected chi connectivity index (χ1v) is 52.3. The first-order chi connectivity index (χ1) is 70.5. The van der Waals surface area contributed by atoms with E-state index in [4.69, 9.17) is 34.0 Å².